The lowest BCUT2D eigenvalue weighted by atomic mass is 10.3. The molecule has 0 aliphatic carbocycles. The van der Waals surface area contributed by atoms with E-state index in [1.54, 1.807) is 0 Å². The highest BCUT2D eigenvalue weighted by Gasteiger charge is 2.12. The molecule has 0 saturated carbocycles. The number of hydrogen-bond donors (Lipinski definition) is 0. The number of aromatic nitrogens is 1. The van der Waals surface area contributed by atoms with E-state index < -0.39 is 0 Å². The topological polar surface area (TPSA) is 12.9 Å². The van der Waals surface area contributed by atoms with Gasteiger partial charge in [-0.15, -0.1) is 0 Å². The fourth-order valence-electron chi connectivity index (χ4n) is 1.58. The van der Waals surface area contributed by atoms with Crippen LogP contribution in [0.1, 0.15) is 33.4 Å². The van der Waals surface area contributed by atoms with Crippen molar-refractivity contribution in [2.45, 2.75) is 39.0 Å². The van der Waals surface area contributed by atoms with Crippen molar-refractivity contribution in [2.75, 3.05) is 0 Å². The summed E-state index contributed by atoms with van der Waals surface area (Å²) < 4.78 is 0. The van der Waals surface area contributed by atoms with E-state index in [4.69, 9.17) is 0 Å². The molecule has 1 nitrogen and oxygen atoms in total. The highest BCUT2D eigenvalue weighted by molar-refractivity contribution is 7.62. The second-order valence-electron chi connectivity index (χ2n) is 4.21. The summed E-state index contributed by atoms with van der Waals surface area (Å²) in [7, 11) is -0.0229. The quantitative estimate of drug-likeness (QED) is 0.565. The van der Waals surface area contributed by atoms with E-state index >= 15 is 0 Å². The van der Waals surface area contributed by atoms with Crippen molar-refractivity contribution in [3.63, 3.8) is 0 Å². The highest BCUT2D eigenvalue weighted by atomic mass is 31.1. The summed E-state index contributed by atoms with van der Waals surface area (Å²) in [5, 5.41) is 0. The van der Waals surface area contributed by atoms with E-state index in [2.05, 4.69) is 44.6 Å². The molecule has 1 rings (SSSR count). The molecule has 85 valence electrons. The Morgan fingerprint density at radius 1 is 1.12 bits per heavy atom. The minimum Gasteiger partial charge on any atom is -0.257 e. The minimum atomic E-state index is -0.0229. The Labute approximate surface area is 103 Å². The standard InChI is InChI=1S/C13H20NP.B/c1-11(2)15(12(3)4)10-8-13-7-5-6-9-14-13;/h5-12H,1-4H3;/b10-8+;. The fourth-order valence-corrected chi connectivity index (χ4v) is 3.78. The zero-order chi connectivity index (χ0) is 11.3. The second kappa shape index (κ2) is 7.62. The predicted molar refractivity (Wildman–Crippen MR) is 76.2 cm³/mol. The summed E-state index contributed by atoms with van der Waals surface area (Å²) in [6.45, 7) is 9.20. The first-order valence-electron chi connectivity index (χ1n) is 5.48. The summed E-state index contributed by atoms with van der Waals surface area (Å²) in [6, 6.07) is 6.02. The smallest absolute Gasteiger partial charge is 0.0630 e. The van der Waals surface area contributed by atoms with Gasteiger partial charge in [0.2, 0.25) is 0 Å². The maximum atomic E-state index is 4.29. The van der Waals surface area contributed by atoms with Gasteiger partial charge in [-0.1, -0.05) is 47.5 Å². The molecule has 0 aromatic carbocycles. The highest BCUT2D eigenvalue weighted by Crippen LogP contribution is 2.47. The van der Waals surface area contributed by atoms with Crippen molar-refractivity contribution in [2.24, 2.45) is 0 Å². The van der Waals surface area contributed by atoms with Crippen LogP contribution in [0.4, 0.5) is 0 Å². The molecule has 0 N–H and O–H groups in total. The van der Waals surface area contributed by atoms with Gasteiger partial charge in [0.15, 0.2) is 0 Å². The molecule has 0 aliphatic rings. The van der Waals surface area contributed by atoms with Crippen LogP contribution in [0.5, 0.6) is 0 Å². The van der Waals surface area contributed by atoms with Gasteiger partial charge in [-0.2, -0.15) is 0 Å². The molecular formula is C13H20BNP. The van der Waals surface area contributed by atoms with Crippen molar-refractivity contribution in [1.29, 1.82) is 0 Å². The van der Waals surface area contributed by atoms with Crippen LogP contribution < -0.4 is 0 Å². The lowest BCUT2D eigenvalue weighted by molar-refractivity contribution is 1.02. The lowest BCUT2D eigenvalue weighted by Crippen LogP contribution is -2.00. The van der Waals surface area contributed by atoms with Crippen LogP contribution in [0.15, 0.2) is 30.2 Å². The molecule has 0 spiro atoms. The molecule has 0 saturated heterocycles. The number of pyridine rings is 1. The molecule has 1 heterocycles. The van der Waals surface area contributed by atoms with Crippen LogP contribution in [0.3, 0.4) is 0 Å². The zero-order valence-electron chi connectivity index (χ0n) is 10.6. The second-order valence-corrected chi connectivity index (χ2v) is 7.46. The van der Waals surface area contributed by atoms with E-state index in [0.29, 0.717) is 0 Å². The normalized spacial score (nSPS) is 11.4. The van der Waals surface area contributed by atoms with Crippen LogP contribution in [0.25, 0.3) is 6.08 Å². The Morgan fingerprint density at radius 2 is 1.75 bits per heavy atom. The first-order valence-corrected chi connectivity index (χ1v) is 7.03. The third kappa shape index (κ3) is 4.94. The average Bonchev–Trinajstić information content (AvgIpc) is 2.18. The molecule has 3 radical (unpaired) electrons. The first kappa shape index (κ1) is 15.4. The number of hydrogen-bond acceptors (Lipinski definition) is 1. The zero-order valence-corrected chi connectivity index (χ0v) is 11.5. The molecule has 3 heteroatoms. The van der Waals surface area contributed by atoms with Crippen molar-refractivity contribution in [3.8, 4) is 0 Å². The predicted octanol–water partition coefficient (Wildman–Crippen LogP) is 3.97. The Kier molecular flexibility index (Phi) is 7.33. The number of rotatable bonds is 4. The van der Waals surface area contributed by atoms with E-state index in [-0.39, 0.29) is 16.3 Å². The maximum Gasteiger partial charge on any atom is 0.0630 e. The van der Waals surface area contributed by atoms with Gasteiger partial charge in [0.1, 0.15) is 0 Å². The molecule has 0 atom stereocenters. The molecule has 0 unspecified atom stereocenters. The molecular weight excluding hydrogens is 212 g/mol. The first-order chi connectivity index (χ1) is 7.11. The molecule has 1 aromatic heterocycles. The molecule has 16 heavy (non-hydrogen) atoms. The van der Waals surface area contributed by atoms with Gasteiger partial charge in [0.05, 0.1) is 5.69 Å². The largest absolute Gasteiger partial charge is 0.257 e. The summed E-state index contributed by atoms with van der Waals surface area (Å²) in [5.74, 6) is 2.35. The molecule has 0 aliphatic heterocycles. The Bertz CT molecular complexity index is 301. The molecule has 0 fully saturated rings. The SMILES string of the molecule is CC(C)P(/C=C/c1ccccn1)C(C)C.[B]. The van der Waals surface area contributed by atoms with Crippen molar-refractivity contribution in [1.82, 2.24) is 4.98 Å². The van der Waals surface area contributed by atoms with Gasteiger partial charge in [0, 0.05) is 14.6 Å². The van der Waals surface area contributed by atoms with Crippen LogP contribution in [-0.2, 0) is 0 Å². The summed E-state index contributed by atoms with van der Waals surface area (Å²) in [4.78, 5) is 4.29. The molecule has 0 amide bonds. The van der Waals surface area contributed by atoms with Crippen LogP contribution in [0, 0.1) is 0 Å². The van der Waals surface area contributed by atoms with Gasteiger partial charge in [-0.3, -0.25) is 4.98 Å². The molecule has 0 bridgehead atoms. The molecule has 1 aromatic rings. The third-order valence-electron chi connectivity index (χ3n) is 2.30. The van der Waals surface area contributed by atoms with Crippen molar-refractivity contribution < 1.29 is 0 Å². The van der Waals surface area contributed by atoms with Crippen LogP contribution >= 0.6 is 7.92 Å². The van der Waals surface area contributed by atoms with E-state index in [1.807, 2.05) is 24.4 Å². The van der Waals surface area contributed by atoms with Gasteiger partial charge in [0.25, 0.3) is 0 Å². The van der Waals surface area contributed by atoms with E-state index in [9.17, 15) is 0 Å². The maximum absolute atomic E-state index is 4.29. The number of nitrogens with zero attached hydrogens (tertiary/aromatic N) is 1. The Hall–Kier alpha value is -0.615. The lowest BCUT2D eigenvalue weighted by Gasteiger charge is -2.21. The third-order valence-corrected chi connectivity index (χ3v) is 5.18. The fraction of sp³-hybridized carbons (Fsp3) is 0.462. The van der Waals surface area contributed by atoms with E-state index in [0.717, 1.165) is 17.0 Å². The summed E-state index contributed by atoms with van der Waals surface area (Å²) in [5.41, 5.74) is 2.56. The average molecular weight is 232 g/mol. The van der Waals surface area contributed by atoms with Gasteiger partial charge in [-0.05, 0) is 29.5 Å². The summed E-state index contributed by atoms with van der Waals surface area (Å²) >= 11 is 0. The Morgan fingerprint density at radius 3 is 2.19 bits per heavy atom. The summed E-state index contributed by atoms with van der Waals surface area (Å²) in [6.07, 6.45) is 4.00. The Balaban J connectivity index is 0.00000225. The van der Waals surface area contributed by atoms with Gasteiger partial charge < -0.3 is 0 Å². The van der Waals surface area contributed by atoms with Gasteiger partial charge >= 0.3 is 0 Å². The van der Waals surface area contributed by atoms with E-state index in [1.165, 1.54) is 0 Å². The van der Waals surface area contributed by atoms with Gasteiger partial charge in [-0.25, -0.2) is 0 Å². The van der Waals surface area contributed by atoms with Crippen LogP contribution in [-0.4, -0.2) is 24.7 Å². The minimum absolute atomic E-state index is 0. The monoisotopic (exact) mass is 232 g/mol. The van der Waals surface area contributed by atoms with Crippen LogP contribution in [0.2, 0.25) is 0 Å². The van der Waals surface area contributed by atoms with Crippen molar-refractivity contribution in [3.05, 3.63) is 35.9 Å². The van der Waals surface area contributed by atoms with Crippen molar-refractivity contribution >= 4 is 22.4 Å².